The highest BCUT2D eigenvalue weighted by molar-refractivity contribution is 5.94. The van der Waals surface area contributed by atoms with Crippen molar-refractivity contribution in [3.63, 3.8) is 0 Å². The molecule has 3 nitrogen and oxygen atoms in total. The van der Waals surface area contributed by atoms with Crippen molar-refractivity contribution in [2.45, 2.75) is 57.8 Å². The highest BCUT2D eigenvalue weighted by Gasteiger charge is 2.47. The largest absolute Gasteiger partial charge is 0.385 e. The summed E-state index contributed by atoms with van der Waals surface area (Å²) in [6.45, 7) is 6.42. The van der Waals surface area contributed by atoms with Crippen LogP contribution in [0.3, 0.4) is 0 Å². The minimum Gasteiger partial charge on any atom is -0.385 e. The summed E-state index contributed by atoms with van der Waals surface area (Å²) < 4.78 is 5.56. The molecule has 1 heterocycles. The minimum atomic E-state index is -0.791. The highest BCUT2D eigenvalue weighted by atomic mass is 16.6. The SMILES string of the molecule is CC(CCC1OC1(C)C)C1C=CC(=O)C(O)C1. The van der Waals surface area contributed by atoms with Gasteiger partial charge in [0.05, 0.1) is 11.7 Å². The third-order valence-electron chi connectivity index (χ3n) is 4.11. The van der Waals surface area contributed by atoms with Gasteiger partial charge in [-0.3, -0.25) is 4.79 Å². The number of rotatable bonds is 4. The Kier molecular flexibility index (Phi) is 3.41. The number of carbonyl (C=O) groups is 1. The zero-order chi connectivity index (χ0) is 12.6. The van der Waals surface area contributed by atoms with Crippen LogP contribution in [0.15, 0.2) is 12.2 Å². The van der Waals surface area contributed by atoms with Gasteiger partial charge in [0.25, 0.3) is 0 Å². The Morgan fingerprint density at radius 3 is 2.76 bits per heavy atom. The first-order valence-corrected chi connectivity index (χ1v) is 6.48. The lowest BCUT2D eigenvalue weighted by atomic mass is 9.81. The van der Waals surface area contributed by atoms with Crippen LogP contribution in [0.5, 0.6) is 0 Å². The second-order valence-electron chi connectivity index (χ2n) is 5.94. The van der Waals surface area contributed by atoms with Gasteiger partial charge in [-0.1, -0.05) is 13.0 Å². The maximum absolute atomic E-state index is 11.2. The van der Waals surface area contributed by atoms with E-state index in [2.05, 4.69) is 20.8 Å². The molecule has 1 N–H and O–H groups in total. The standard InChI is InChI=1S/C14H22O3/c1-9(4-7-13-14(2,3)17-13)10-5-6-11(15)12(16)8-10/h5-6,9-10,12-13,16H,4,7-8H2,1-3H3. The predicted octanol–water partition coefficient (Wildman–Crippen LogP) is 2.09. The van der Waals surface area contributed by atoms with Gasteiger partial charge in [-0.15, -0.1) is 0 Å². The van der Waals surface area contributed by atoms with E-state index in [0.717, 1.165) is 12.8 Å². The lowest BCUT2D eigenvalue weighted by Gasteiger charge is -2.25. The number of hydrogen-bond donors (Lipinski definition) is 1. The molecule has 1 fully saturated rings. The van der Waals surface area contributed by atoms with Crippen LogP contribution in [-0.4, -0.2) is 28.7 Å². The number of hydrogen-bond acceptors (Lipinski definition) is 3. The summed E-state index contributed by atoms with van der Waals surface area (Å²) in [6, 6.07) is 0. The van der Waals surface area contributed by atoms with Gasteiger partial charge < -0.3 is 9.84 Å². The van der Waals surface area contributed by atoms with E-state index in [1.807, 2.05) is 6.08 Å². The molecular weight excluding hydrogens is 216 g/mol. The molecule has 1 saturated heterocycles. The Labute approximate surface area is 103 Å². The summed E-state index contributed by atoms with van der Waals surface area (Å²) in [4.78, 5) is 11.2. The van der Waals surface area contributed by atoms with Crippen molar-refractivity contribution in [3.8, 4) is 0 Å². The summed E-state index contributed by atoms with van der Waals surface area (Å²) in [6.07, 6.45) is 5.83. The summed E-state index contributed by atoms with van der Waals surface area (Å²) in [7, 11) is 0. The summed E-state index contributed by atoms with van der Waals surface area (Å²) in [5.41, 5.74) is 0.0671. The molecule has 17 heavy (non-hydrogen) atoms. The zero-order valence-electron chi connectivity index (χ0n) is 10.8. The molecule has 3 heteroatoms. The Morgan fingerprint density at radius 1 is 1.59 bits per heavy atom. The van der Waals surface area contributed by atoms with Gasteiger partial charge in [-0.2, -0.15) is 0 Å². The van der Waals surface area contributed by atoms with Crippen LogP contribution in [0.2, 0.25) is 0 Å². The zero-order valence-corrected chi connectivity index (χ0v) is 10.8. The second kappa shape index (κ2) is 4.54. The molecule has 0 radical (unpaired) electrons. The van der Waals surface area contributed by atoms with E-state index in [-0.39, 0.29) is 11.4 Å². The molecule has 96 valence electrons. The van der Waals surface area contributed by atoms with E-state index in [0.29, 0.717) is 24.4 Å². The molecule has 1 aliphatic carbocycles. The van der Waals surface area contributed by atoms with Gasteiger partial charge in [0.1, 0.15) is 6.10 Å². The molecule has 4 unspecified atom stereocenters. The Hall–Kier alpha value is -0.670. The topological polar surface area (TPSA) is 49.8 Å². The highest BCUT2D eigenvalue weighted by Crippen LogP contribution is 2.40. The molecular formula is C14H22O3. The molecule has 2 aliphatic rings. The van der Waals surface area contributed by atoms with Gasteiger partial charge in [0.2, 0.25) is 0 Å². The molecule has 2 rings (SSSR count). The molecule has 0 amide bonds. The third-order valence-corrected chi connectivity index (χ3v) is 4.11. The van der Waals surface area contributed by atoms with E-state index in [1.165, 1.54) is 6.08 Å². The van der Waals surface area contributed by atoms with Gasteiger partial charge in [0, 0.05) is 0 Å². The Bertz CT molecular complexity index is 332. The predicted molar refractivity (Wildman–Crippen MR) is 65.6 cm³/mol. The number of ketones is 1. The average Bonchev–Trinajstić information content (AvgIpc) is 2.87. The van der Waals surface area contributed by atoms with Crippen molar-refractivity contribution in [1.29, 1.82) is 0 Å². The molecule has 0 aromatic rings. The van der Waals surface area contributed by atoms with Crippen LogP contribution in [0, 0.1) is 11.8 Å². The van der Waals surface area contributed by atoms with Crippen molar-refractivity contribution in [2.24, 2.45) is 11.8 Å². The van der Waals surface area contributed by atoms with Gasteiger partial charge in [-0.25, -0.2) is 0 Å². The van der Waals surface area contributed by atoms with E-state index in [9.17, 15) is 9.90 Å². The number of epoxide rings is 1. The first kappa shape index (κ1) is 12.8. The number of aliphatic hydroxyl groups is 1. The van der Waals surface area contributed by atoms with Crippen LogP contribution in [0.1, 0.15) is 40.0 Å². The van der Waals surface area contributed by atoms with Crippen molar-refractivity contribution in [2.75, 3.05) is 0 Å². The third kappa shape index (κ3) is 2.96. The van der Waals surface area contributed by atoms with E-state index in [1.54, 1.807) is 0 Å². The molecule has 1 aliphatic heterocycles. The van der Waals surface area contributed by atoms with Gasteiger partial charge >= 0.3 is 0 Å². The molecule has 0 bridgehead atoms. The smallest absolute Gasteiger partial charge is 0.183 e. The summed E-state index contributed by atoms with van der Waals surface area (Å²) >= 11 is 0. The van der Waals surface area contributed by atoms with Gasteiger partial charge in [-0.05, 0) is 51.0 Å². The lowest BCUT2D eigenvalue weighted by molar-refractivity contribution is -0.123. The van der Waals surface area contributed by atoms with Crippen molar-refractivity contribution >= 4 is 5.78 Å². The quantitative estimate of drug-likeness (QED) is 0.763. The molecule has 0 spiro atoms. The Morgan fingerprint density at radius 2 is 2.24 bits per heavy atom. The van der Waals surface area contributed by atoms with Crippen LogP contribution in [0.25, 0.3) is 0 Å². The van der Waals surface area contributed by atoms with E-state index in [4.69, 9.17) is 4.74 Å². The van der Waals surface area contributed by atoms with Crippen LogP contribution < -0.4 is 0 Å². The first-order chi connectivity index (χ1) is 7.90. The number of allylic oxidation sites excluding steroid dienone is 1. The van der Waals surface area contributed by atoms with E-state index >= 15 is 0 Å². The number of carbonyl (C=O) groups excluding carboxylic acids is 1. The minimum absolute atomic E-state index is 0.0671. The Balaban J connectivity index is 1.78. The van der Waals surface area contributed by atoms with Crippen LogP contribution >= 0.6 is 0 Å². The second-order valence-corrected chi connectivity index (χ2v) is 5.94. The van der Waals surface area contributed by atoms with Crippen molar-refractivity contribution in [1.82, 2.24) is 0 Å². The number of ether oxygens (including phenoxy) is 1. The van der Waals surface area contributed by atoms with Crippen molar-refractivity contribution < 1.29 is 14.6 Å². The lowest BCUT2D eigenvalue weighted by Crippen LogP contribution is -2.28. The molecule has 0 aromatic heterocycles. The average molecular weight is 238 g/mol. The summed E-state index contributed by atoms with van der Waals surface area (Å²) in [5.74, 6) is 0.665. The molecule has 0 saturated carbocycles. The normalized spacial score (nSPS) is 36.9. The fourth-order valence-corrected chi connectivity index (χ4v) is 2.57. The molecule has 4 atom stereocenters. The first-order valence-electron chi connectivity index (χ1n) is 6.48. The van der Waals surface area contributed by atoms with Crippen LogP contribution in [-0.2, 0) is 9.53 Å². The number of aliphatic hydroxyl groups excluding tert-OH is 1. The van der Waals surface area contributed by atoms with Gasteiger partial charge in [0.15, 0.2) is 5.78 Å². The molecule has 0 aromatic carbocycles. The monoisotopic (exact) mass is 238 g/mol. The maximum Gasteiger partial charge on any atom is 0.183 e. The van der Waals surface area contributed by atoms with Crippen LogP contribution in [0.4, 0.5) is 0 Å². The fourth-order valence-electron chi connectivity index (χ4n) is 2.57. The fraction of sp³-hybridized carbons (Fsp3) is 0.786. The van der Waals surface area contributed by atoms with E-state index < -0.39 is 6.10 Å². The summed E-state index contributed by atoms with van der Waals surface area (Å²) in [5, 5.41) is 9.54. The van der Waals surface area contributed by atoms with Crippen molar-refractivity contribution in [3.05, 3.63) is 12.2 Å². The maximum atomic E-state index is 11.2.